The first kappa shape index (κ1) is 32.1. The standard InChI is InChI=1S/C16H25N3.C13H15Cl.C2H2/c1-6-7-8-15(18-4)16(3,12-17)11-14-10-9-13(2)19(14)5;1-3-7-13(11(2)14)10-12-8-5-4-6-9-12;1-2/h6-8,13-14H,4,9-11H2,1-3,5H3;3-9H,10H2,1-2H3;1-2H/b7-6-,15-8-;7-3-,13-11-;. The minimum atomic E-state index is -0.565. The van der Waals surface area contributed by atoms with Crippen LogP contribution in [-0.4, -0.2) is 30.7 Å². The van der Waals surface area contributed by atoms with E-state index in [0.29, 0.717) is 12.1 Å². The van der Waals surface area contributed by atoms with Gasteiger partial charge in [0.25, 0.3) is 0 Å². The Labute approximate surface area is 219 Å². The highest BCUT2D eigenvalue weighted by atomic mass is 35.5. The molecule has 35 heavy (non-hydrogen) atoms. The van der Waals surface area contributed by atoms with E-state index in [-0.39, 0.29) is 0 Å². The summed E-state index contributed by atoms with van der Waals surface area (Å²) in [4.78, 5) is 6.45. The number of terminal acetylenes is 1. The maximum absolute atomic E-state index is 9.58. The third kappa shape index (κ3) is 11.0. The van der Waals surface area contributed by atoms with Crippen molar-refractivity contribution in [2.45, 2.75) is 72.4 Å². The lowest BCUT2D eigenvalue weighted by atomic mass is 9.81. The molecule has 1 aromatic rings. The molecule has 4 heteroatoms. The van der Waals surface area contributed by atoms with Gasteiger partial charge in [-0.1, -0.05) is 66.2 Å². The zero-order chi connectivity index (χ0) is 26.9. The first-order valence-corrected chi connectivity index (χ1v) is 12.4. The Morgan fingerprint density at radius 1 is 1.26 bits per heavy atom. The predicted molar refractivity (Wildman–Crippen MR) is 154 cm³/mol. The lowest BCUT2D eigenvalue weighted by Crippen LogP contribution is -2.35. The maximum Gasteiger partial charge on any atom is 0.0979 e. The molecule has 2 rings (SSSR count). The second-order valence-electron chi connectivity index (χ2n) is 8.85. The lowest BCUT2D eigenvalue weighted by Gasteiger charge is -2.30. The van der Waals surface area contributed by atoms with E-state index in [0.717, 1.165) is 30.0 Å². The molecule has 1 aromatic carbocycles. The summed E-state index contributed by atoms with van der Waals surface area (Å²) in [5.41, 5.74) is 2.67. The Balaban J connectivity index is 0.000000641. The van der Waals surface area contributed by atoms with E-state index >= 15 is 0 Å². The molecule has 0 radical (unpaired) electrons. The van der Waals surface area contributed by atoms with Crippen LogP contribution in [0.15, 0.2) is 82.0 Å². The lowest BCUT2D eigenvalue weighted by molar-refractivity contribution is 0.213. The number of benzene rings is 1. The van der Waals surface area contributed by atoms with Crippen molar-refractivity contribution >= 4 is 18.3 Å². The predicted octanol–water partition coefficient (Wildman–Crippen LogP) is 8.12. The molecule has 1 aliphatic rings. The van der Waals surface area contributed by atoms with Crippen molar-refractivity contribution in [1.82, 2.24) is 4.90 Å². The molecule has 0 N–H and O–H groups in total. The second kappa shape index (κ2) is 17.6. The normalized spacial score (nSPS) is 20.6. The number of hydrogen-bond acceptors (Lipinski definition) is 3. The highest BCUT2D eigenvalue weighted by molar-refractivity contribution is 6.29. The van der Waals surface area contributed by atoms with E-state index in [1.165, 1.54) is 17.6 Å². The van der Waals surface area contributed by atoms with Crippen LogP contribution in [0.4, 0.5) is 0 Å². The second-order valence-corrected chi connectivity index (χ2v) is 9.42. The molecule has 0 saturated carbocycles. The van der Waals surface area contributed by atoms with Crippen LogP contribution in [0.5, 0.6) is 0 Å². The summed E-state index contributed by atoms with van der Waals surface area (Å²) in [6.45, 7) is 13.7. The smallest absolute Gasteiger partial charge is 0.0979 e. The molecule has 0 spiro atoms. The van der Waals surface area contributed by atoms with Gasteiger partial charge < -0.3 is 4.90 Å². The number of allylic oxidation sites excluding steroid dienone is 8. The Morgan fingerprint density at radius 3 is 2.31 bits per heavy atom. The molecule has 0 aliphatic carbocycles. The Bertz CT molecular complexity index is 942. The van der Waals surface area contributed by atoms with Gasteiger partial charge in [-0.25, -0.2) is 0 Å². The van der Waals surface area contributed by atoms with E-state index in [9.17, 15) is 5.26 Å². The molecule has 0 aromatic heterocycles. The van der Waals surface area contributed by atoms with E-state index in [1.54, 1.807) is 0 Å². The monoisotopic (exact) mass is 491 g/mol. The third-order valence-electron chi connectivity index (χ3n) is 6.31. The van der Waals surface area contributed by atoms with E-state index < -0.39 is 5.41 Å². The minimum absolute atomic E-state index is 0.454. The number of nitrogens with zero attached hydrogens (tertiary/aromatic N) is 3. The molecule has 1 heterocycles. The van der Waals surface area contributed by atoms with Gasteiger partial charge in [0.1, 0.15) is 0 Å². The Hall–Kier alpha value is -2.85. The van der Waals surface area contributed by atoms with Gasteiger partial charge in [0, 0.05) is 17.1 Å². The van der Waals surface area contributed by atoms with Crippen LogP contribution in [0.2, 0.25) is 0 Å². The maximum atomic E-state index is 9.58. The van der Waals surface area contributed by atoms with Crippen molar-refractivity contribution in [2.24, 2.45) is 10.4 Å². The van der Waals surface area contributed by atoms with Crippen LogP contribution in [0, 0.1) is 29.6 Å². The Morgan fingerprint density at radius 2 is 1.89 bits per heavy atom. The molecule has 3 atom stereocenters. The summed E-state index contributed by atoms with van der Waals surface area (Å²) < 4.78 is 0. The van der Waals surface area contributed by atoms with Gasteiger partial charge in [0.05, 0.1) is 17.2 Å². The zero-order valence-electron chi connectivity index (χ0n) is 22.3. The van der Waals surface area contributed by atoms with Crippen LogP contribution in [0.25, 0.3) is 0 Å². The SMILES string of the molecule is C#C.C/C=C\C(Cc1ccccc1)=C(/C)Cl.C=N/C(=C\C=C/C)C(C)(C#N)CC1CCC(C)N1C. The van der Waals surface area contributed by atoms with Crippen molar-refractivity contribution in [3.63, 3.8) is 0 Å². The van der Waals surface area contributed by atoms with Gasteiger partial charge in [-0.05, 0) is 91.3 Å². The summed E-state index contributed by atoms with van der Waals surface area (Å²) in [7, 11) is 2.15. The summed E-state index contributed by atoms with van der Waals surface area (Å²) in [5, 5.41) is 10.4. The molecular formula is C31H42ClN3. The van der Waals surface area contributed by atoms with Crippen molar-refractivity contribution in [1.29, 1.82) is 5.26 Å². The largest absolute Gasteiger partial charge is 0.301 e. The molecule has 188 valence electrons. The molecule has 3 nitrogen and oxygen atoms in total. The number of rotatable bonds is 8. The topological polar surface area (TPSA) is 39.4 Å². The summed E-state index contributed by atoms with van der Waals surface area (Å²) in [6, 6.07) is 13.8. The molecule has 1 aliphatic heterocycles. The van der Waals surface area contributed by atoms with Crippen molar-refractivity contribution in [2.75, 3.05) is 7.05 Å². The van der Waals surface area contributed by atoms with Crippen LogP contribution in [0.1, 0.15) is 59.4 Å². The summed E-state index contributed by atoms with van der Waals surface area (Å²) >= 11 is 6.00. The molecule has 1 fully saturated rings. The van der Waals surface area contributed by atoms with Crippen molar-refractivity contribution in [3.8, 4) is 18.9 Å². The molecular weight excluding hydrogens is 450 g/mol. The van der Waals surface area contributed by atoms with Crippen LogP contribution in [-0.2, 0) is 6.42 Å². The first-order chi connectivity index (χ1) is 16.7. The number of hydrogen-bond donors (Lipinski definition) is 0. The summed E-state index contributed by atoms with van der Waals surface area (Å²) in [6.07, 6.45) is 21.9. The number of likely N-dealkylation sites (tertiary alicyclic amines) is 1. The van der Waals surface area contributed by atoms with Gasteiger partial charge in [0.2, 0.25) is 0 Å². The van der Waals surface area contributed by atoms with Gasteiger partial charge >= 0.3 is 0 Å². The summed E-state index contributed by atoms with van der Waals surface area (Å²) in [5.74, 6) is 0. The van der Waals surface area contributed by atoms with Crippen LogP contribution in [0.3, 0.4) is 0 Å². The highest BCUT2D eigenvalue weighted by Crippen LogP contribution is 2.37. The minimum Gasteiger partial charge on any atom is -0.301 e. The van der Waals surface area contributed by atoms with E-state index in [2.05, 4.69) is 67.7 Å². The highest BCUT2D eigenvalue weighted by Gasteiger charge is 2.37. The van der Waals surface area contributed by atoms with Crippen LogP contribution < -0.4 is 0 Å². The quantitative estimate of drug-likeness (QED) is 0.209. The Kier molecular flexibility index (Phi) is 16.1. The van der Waals surface area contributed by atoms with Crippen LogP contribution >= 0.6 is 11.6 Å². The average molecular weight is 492 g/mol. The van der Waals surface area contributed by atoms with Crippen molar-refractivity contribution in [3.05, 3.63) is 82.6 Å². The molecule has 3 unspecified atom stereocenters. The number of halogens is 1. The number of aliphatic imine (C=N–C) groups is 1. The first-order valence-electron chi connectivity index (χ1n) is 12.0. The van der Waals surface area contributed by atoms with Gasteiger partial charge in [-0.3, -0.25) is 4.99 Å². The fraction of sp³-hybridized carbons (Fsp3) is 0.419. The van der Waals surface area contributed by atoms with Crippen molar-refractivity contribution < 1.29 is 0 Å². The molecule has 0 bridgehead atoms. The van der Waals surface area contributed by atoms with E-state index in [1.807, 2.05) is 70.2 Å². The van der Waals surface area contributed by atoms with E-state index in [4.69, 9.17) is 11.6 Å². The van der Waals surface area contributed by atoms with Gasteiger partial charge in [-0.2, -0.15) is 5.26 Å². The fourth-order valence-electron chi connectivity index (χ4n) is 4.04. The molecule has 1 saturated heterocycles. The zero-order valence-corrected chi connectivity index (χ0v) is 23.1. The molecule has 0 amide bonds. The van der Waals surface area contributed by atoms with Gasteiger partial charge in [-0.15, -0.1) is 12.8 Å². The van der Waals surface area contributed by atoms with Gasteiger partial charge in [0.15, 0.2) is 0 Å². The number of nitriles is 1. The fourth-order valence-corrected chi connectivity index (χ4v) is 4.17. The third-order valence-corrected chi connectivity index (χ3v) is 6.55. The average Bonchev–Trinajstić information content (AvgIpc) is 3.18.